The number of halogens is 3. The summed E-state index contributed by atoms with van der Waals surface area (Å²) in [5.41, 5.74) is 0.613. The number of benzene rings is 1. The Balaban J connectivity index is 1.98. The second kappa shape index (κ2) is 5.89. The zero-order valence-electron chi connectivity index (χ0n) is 9.40. The molecule has 1 unspecified atom stereocenters. The SMILES string of the molecule is Fc1cc(Cl)c(NCC2CCCCN2)c(Cl)c1. The van der Waals surface area contributed by atoms with Gasteiger partial charge in [0.15, 0.2) is 0 Å². The van der Waals surface area contributed by atoms with Crippen LogP contribution < -0.4 is 10.6 Å². The van der Waals surface area contributed by atoms with Gasteiger partial charge in [0.2, 0.25) is 0 Å². The first-order chi connectivity index (χ1) is 8.16. The zero-order valence-corrected chi connectivity index (χ0v) is 10.9. The molecule has 1 saturated heterocycles. The fraction of sp³-hybridized carbons (Fsp3) is 0.500. The Kier molecular flexibility index (Phi) is 4.48. The first kappa shape index (κ1) is 12.9. The molecule has 1 aromatic carbocycles. The maximum atomic E-state index is 13.0. The summed E-state index contributed by atoms with van der Waals surface area (Å²) in [5, 5.41) is 7.25. The highest BCUT2D eigenvalue weighted by Gasteiger charge is 2.14. The molecule has 0 aromatic heterocycles. The van der Waals surface area contributed by atoms with Crippen LogP contribution in [0.4, 0.5) is 10.1 Å². The van der Waals surface area contributed by atoms with E-state index in [-0.39, 0.29) is 0 Å². The Morgan fingerprint density at radius 1 is 1.29 bits per heavy atom. The van der Waals surface area contributed by atoms with Gasteiger partial charge < -0.3 is 10.6 Å². The van der Waals surface area contributed by atoms with Crippen molar-refractivity contribution in [3.8, 4) is 0 Å². The normalized spacial score (nSPS) is 20.3. The lowest BCUT2D eigenvalue weighted by Gasteiger charge is -2.24. The molecule has 0 radical (unpaired) electrons. The van der Waals surface area contributed by atoms with Gasteiger partial charge in [-0.15, -0.1) is 0 Å². The molecule has 0 bridgehead atoms. The van der Waals surface area contributed by atoms with Crippen molar-refractivity contribution in [3.05, 3.63) is 28.0 Å². The van der Waals surface area contributed by atoms with Crippen molar-refractivity contribution in [3.63, 3.8) is 0 Å². The van der Waals surface area contributed by atoms with Crippen molar-refractivity contribution in [2.75, 3.05) is 18.4 Å². The molecule has 0 amide bonds. The molecular weight excluding hydrogens is 262 g/mol. The Hall–Kier alpha value is -0.510. The third-order valence-corrected chi connectivity index (χ3v) is 3.54. The van der Waals surface area contributed by atoms with Gasteiger partial charge in [0.25, 0.3) is 0 Å². The van der Waals surface area contributed by atoms with E-state index in [0.29, 0.717) is 21.8 Å². The van der Waals surface area contributed by atoms with Crippen molar-refractivity contribution in [1.82, 2.24) is 5.32 Å². The quantitative estimate of drug-likeness (QED) is 0.880. The number of anilines is 1. The van der Waals surface area contributed by atoms with Crippen molar-refractivity contribution in [1.29, 1.82) is 0 Å². The van der Waals surface area contributed by atoms with E-state index < -0.39 is 5.82 Å². The van der Waals surface area contributed by atoms with Gasteiger partial charge in [-0.25, -0.2) is 4.39 Å². The summed E-state index contributed by atoms with van der Waals surface area (Å²) in [7, 11) is 0. The molecule has 94 valence electrons. The maximum Gasteiger partial charge on any atom is 0.126 e. The summed E-state index contributed by atoms with van der Waals surface area (Å²) < 4.78 is 13.0. The summed E-state index contributed by atoms with van der Waals surface area (Å²) >= 11 is 11.9. The number of nitrogens with one attached hydrogen (secondary N) is 2. The second-order valence-electron chi connectivity index (χ2n) is 4.27. The van der Waals surface area contributed by atoms with E-state index in [9.17, 15) is 4.39 Å². The van der Waals surface area contributed by atoms with Crippen LogP contribution >= 0.6 is 23.2 Å². The number of hydrogen-bond acceptors (Lipinski definition) is 2. The van der Waals surface area contributed by atoms with Crippen LogP contribution in [-0.2, 0) is 0 Å². The lowest BCUT2D eigenvalue weighted by molar-refractivity contribution is 0.414. The molecule has 2 nitrogen and oxygen atoms in total. The molecule has 0 saturated carbocycles. The van der Waals surface area contributed by atoms with Crippen LogP contribution in [0.25, 0.3) is 0 Å². The minimum atomic E-state index is -0.415. The predicted molar refractivity (Wildman–Crippen MR) is 70.6 cm³/mol. The van der Waals surface area contributed by atoms with E-state index in [2.05, 4.69) is 10.6 Å². The molecule has 1 heterocycles. The van der Waals surface area contributed by atoms with Crippen molar-refractivity contribution in [2.24, 2.45) is 0 Å². The van der Waals surface area contributed by atoms with Gasteiger partial charge in [-0.05, 0) is 31.5 Å². The highest BCUT2D eigenvalue weighted by Crippen LogP contribution is 2.31. The zero-order chi connectivity index (χ0) is 12.3. The van der Waals surface area contributed by atoms with Crippen molar-refractivity contribution in [2.45, 2.75) is 25.3 Å². The Labute approximate surface area is 110 Å². The smallest absolute Gasteiger partial charge is 0.126 e. The molecule has 1 aromatic rings. The van der Waals surface area contributed by atoms with Gasteiger partial charge in [-0.1, -0.05) is 29.6 Å². The van der Waals surface area contributed by atoms with Crippen LogP contribution in [-0.4, -0.2) is 19.1 Å². The summed E-state index contributed by atoms with van der Waals surface area (Å²) in [6.07, 6.45) is 3.61. The van der Waals surface area contributed by atoms with E-state index in [4.69, 9.17) is 23.2 Å². The third-order valence-electron chi connectivity index (χ3n) is 2.94. The van der Waals surface area contributed by atoms with E-state index in [1.54, 1.807) is 0 Å². The Morgan fingerprint density at radius 2 is 2.00 bits per heavy atom. The fourth-order valence-electron chi connectivity index (χ4n) is 2.03. The summed E-state index contributed by atoms with van der Waals surface area (Å²) in [4.78, 5) is 0. The number of hydrogen-bond donors (Lipinski definition) is 2. The predicted octanol–water partition coefficient (Wildman–Crippen LogP) is 3.69. The summed E-state index contributed by atoms with van der Waals surface area (Å²) in [6.45, 7) is 1.81. The van der Waals surface area contributed by atoms with Crippen molar-refractivity contribution >= 4 is 28.9 Å². The van der Waals surface area contributed by atoms with Crippen LogP contribution in [0, 0.1) is 5.82 Å². The summed E-state index contributed by atoms with van der Waals surface area (Å²) in [6, 6.07) is 2.97. The molecule has 0 spiro atoms. The minimum absolute atomic E-state index is 0.325. The van der Waals surface area contributed by atoms with Gasteiger partial charge in [-0.2, -0.15) is 0 Å². The number of piperidine rings is 1. The van der Waals surface area contributed by atoms with Crippen LogP contribution in [0.1, 0.15) is 19.3 Å². The average molecular weight is 277 g/mol. The van der Waals surface area contributed by atoms with Crippen molar-refractivity contribution < 1.29 is 4.39 Å². The van der Waals surface area contributed by atoms with Gasteiger partial charge in [-0.3, -0.25) is 0 Å². The minimum Gasteiger partial charge on any atom is -0.381 e. The fourth-order valence-corrected chi connectivity index (χ4v) is 2.63. The second-order valence-corrected chi connectivity index (χ2v) is 5.09. The van der Waals surface area contributed by atoms with Gasteiger partial charge in [0.05, 0.1) is 15.7 Å². The standard InChI is InChI=1S/C12H15Cl2FN2/c13-10-5-8(15)6-11(14)12(10)17-7-9-3-1-2-4-16-9/h5-6,9,16-17H,1-4,7H2. The third kappa shape index (κ3) is 3.47. The molecular formula is C12H15Cl2FN2. The molecule has 1 aliphatic heterocycles. The lowest BCUT2D eigenvalue weighted by atomic mass is 10.1. The maximum absolute atomic E-state index is 13.0. The number of rotatable bonds is 3. The monoisotopic (exact) mass is 276 g/mol. The van der Waals surface area contributed by atoms with Gasteiger partial charge in [0.1, 0.15) is 5.82 Å². The molecule has 2 N–H and O–H groups in total. The molecule has 1 fully saturated rings. The average Bonchev–Trinajstić information content (AvgIpc) is 2.29. The molecule has 5 heteroatoms. The van der Waals surface area contributed by atoms with Crippen LogP contribution in [0.2, 0.25) is 10.0 Å². The van der Waals surface area contributed by atoms with E-state index >= 15 is 0 Å². The lowest BCUT2D eigenvalue weighted by Crippen LogP contribution is -2.39. The van der Waals surface area contributed by atoms with E-state index in [0.717, 1.165) is 19.5 Å². The first-order valence-corrected chi connectivity index (χ1v) is 6.54. The van der Waals surface area contributed by atoms with Gasteiger partial charge >= 0.3 is 0 Å². The van der Waals surface area contributed by atoms with Gasteiger partial charge in [0, 0.05) is 12.6 Å². The topological polar surface area (TPSA) is 24.1 Å². The van der Waals surface area contributed by atoms with Crippen LogP contribution in [0.15, 0.2) is 12.1 Å². The molecule has 0 aliphatic carbocycles. The molecule has 1 atom stereocenters. The Morgan fingerprint density at radius 3 is 2.59 bits per heavy atom. The Bertz CT molecular complexity index is 369. The molecule has 1 aliphatic rings. The first-order valence-electron chi connectivity index (χ1n) is 5.78. The van der Waals surface area contributed by atoms with Crippen LogP contribution in [0.3, 0.4) is 0 Å². The summed E-state index contributed by atoms with van der Waals surface area (Å²) in [5.74, 6) is -0.415. The molecule has 17 heavy (non-hydrogen) atoms. The highest BCUT2D eigenvalue weighted by molar-refractivity contribution is 6.39. The van der Waals surface area contributed by atoms with Crippen LogP contribution in [0.5, 0.6) is 0 Å². The van der Waals surface area contributed by atoms with E-state index in [1.807, 2.05) is 0 Å². The highest BCUT2D eigenvalue weighted by atomic mass is 35.5. The van der Waals surface area contributed by atoms with E-state index in [1.165, 1.54) is 25.0 Å². The largest absolute Gasteiger partial charge is 0.381 e. The molecule has 2 rings (SSSR count).